The van der Waals surface area contributed by atoms with Crippen molar-refractivity contribution in [1.29, 1.82) is 5.41 Å². The molecule has 0 aromatic rings. The molecule has 2 nitrogen and oxygen atoms in total. The Morgan fingerprint density at radius 1 is 1.70 bits per heavy atom. The average Bonchev–Trinajstić information content (AvgIpc) is 1.93. The molecule has 0 rings (SSSR count). The van der Waals surface area contributed by atoms with Gasteiger partial charge in [0.25, 0.3) is 0 Å². The van der Waals surface area contributed by atoms with Crippen LogP contribution < -0.4 is 0 Å². The van der Waals surface area contributed by atoms with Crippen molar-refractivity contribution in [2.24, 2.45) is 0 Å². The van der Waals surface area contributed by atoms with E-state index in [4.69, 9.17) is 5.41 Å². The number of hydrogen-bond acceptors (Lipinski definition) is 3. The summed E-state index contributed by atoms with van der Waals surface area (Å²) in [6, 6.07) is 0. The second-order valence-corrected chi connectivity index (χ2v) is 2.20. The van der Waals surface area contributed by atoms with E-state index in [-0.39, 0.29) is 0 Å². The molecule has 0 amide bonds. The molecule has 0 saturated heterocycles. The van der Waals surface area contributed by atoms with E-state index in [0.29, 0.717) is 11.7 Å². The molecular formula is C7H15NOS. The molecule has 0 unspecified atom stereocenters. The Labute approximate surface area is 67.2 Å². The summed E-state index contributed by atoms with van der Waals surface area (Å²) in [7, 11) is 1.57. The van der Waals surface area contributed by atoms with Gasteiger partial charge < -0.3 is 4.74 Å². The van der Waals surface area contributed by atoms with Gasteiger partial charge in [-0.2, -0.15) is 0 Å². The van der Waals surface area contributed by atoms with Crippen LogP contribution >= 0.6 is 11.8 Å². The van der Waals surface area contributed by atoms with Gasteiger partial charge in [0, 0.05) is 7.11 Å². The van der Waals surface area contributed by atoms with Crippen molar-refractivity contribution in [2.75, 3.05) is 13.7 Å². The minimum absolute atomic E-state index is 0.386. The highest BCUT2D eigenvalue weighted by Crippen LogP contribution is 2.01. The van der Waals surface area contributed by atoms with Gasteiger partial charge >= 0.3 is 0 Å². The molecule has 60 valence electrons. The Balaban J connectivity index is 0. The van der Waals surface area contributed by atoms with Crippen molar-refractivity contribution < 1.29 is 4.74 Å². The Kier molecular flexibility index (Phi) is 14.3. The van der Waals surface area contributed by atoms with E-state index in [9.17, 15) is 0 Å². The Hall–Kier alpha value is -0.280. The molecule has 1 N–H and O–H groups in total. The summed E-state index contributed by atoms with van der Waals surface area (Å²) in [5, 5.41) is 9.16. The summed E-state index contributed by atoms with van der Waals surface area (Å²) in [6.07, 6.45) is 0. The number of methoxy groups -OCH3 is 1. The van der Waals surface area contributed by atoms with Crippen molar-refractivity contribution >= 4 is 16.8 Å². The van der Waals surface area contributed by atoms with E-state index < -0.39 is 0 Å². The second kappa shape index (κ2) is 11.5. The van der Waals surface area contributed by atoms with Crippen LogP contribution in [0.4, 0.5) is 0 Å². The van der Waals surface area contributed by atoms with Crippen molar-refractivity contribution in [1.82, 2.24) is 0 Å². The lowest BCUT2D eigenvalue weighted by Crippen LogP contribution is -1.97. The quantitative estimate of drug-likeness (QED) is 0.509. The van der Waals surface area contributed by atoms with E-state index in [2.05, 4.69) is 11.3 Å². The predicted molar refractivity (Wildman–Crippen MR) is 48.7 cm³/mol. The van der Waals surface area contributed by atoms with Crippen LogP contribution in [0.15, 0.2) is 12.0 Å². The number of rotatable bonds is 3. The fourth-order valence-corrected chi connectivity index (χ4v) is 0.653. The molecule has 0 fully saturated rings. The summed E-state index contributed by atoms with van der Waals surface area (Å²) in [5.41, 5.74) is 0. The molecule has 0 spiro atoms. The maximum absolute atomic E-state index is 7.06. The van der Waals surface area contributed by atoms with E-state index >= 15 is 0 Å². The van der Waals surface area contributed by atoms with E-state index in [1.165, 1.54) is 11.8 Å². The number of ether oxygens (including phenoxy) is 1. The summed E-state index contributed by atoms with van der Waals surface area (Å²) in [4.78, 5) is 0. The lowest BCUT2D eigenvalue weighted by molar-refractivity contribution is 0.247. The van der Waals surface area contributed by atoms with Crippen molar-refractivity contribution in [3.05, 3.63) is 12.0 Å². The first-order chi connectivity index (χ1) is 4.81. The Morgan fingerprint density at radius 2 is 2.20 bits per heavy atom. The molecule has 3 heteroatoms. The minimum atomic E-state index is 0.386. The van der Waals surface area contributed by atoms with Crippen molar-refractivity contribution in [3.8, 4) is 0 Å². The second-order valence-electron chi connectivity index (χ2n) is 1.14. The first kappa shape index (κ1) is 12.4. The van der Waals surface area contributed by atoms with Crippen LogP contribution in [-0.4, -0.2) is 18.8 Å². The smallest absolute Gasteiger partial charge is 0.0941 e. The van der Waals surface area contributed by atoms with Crippen LogP contribution in [-0.2, 0) is 4.74 Å². The van der Waals surface area contributed by atoms with Crippen LogP contribution in [0.1, 0.15) is 13.8 Å². The molecular weight excluding hydrogens is 146 g/mol. The normalized spacial score (nSPS) is 7.50. The number of nitrogens with one attached hydrogen (secondary N) is 1. The summed E-state index contributed by atoms with van der Waals surface area (Å²) in [6.45, 7) is 7.84. The summed E-state index contributed by atoms with van der Waals surface area (Å²) < 4.78 is 4.66. The monoisotopic (exact) mass is 161 g/mol. The van der Waals surface area contributed by atoms with Crippen LogP contribution in [0, 0.1) is 5.41 Å². The summed E-state index contributed by atoms with van der Waals surface area (Å²) in [5.74, 6) is 0. The Bertz CT molecular complexity index is 93.6. The molecule has 0 atom stereocenters. The van der Waals surface area contributed by atoms with Gasteiger partial charge in [-0.3, -0.25) is 5.41 Å². The van der Waals surface area contributed by atoms with Gasteiger partial charge in [-0.1, -0.05) is 32.2 Å². The fourth-order valence-electron chi connectivity index (χ4n) is 0.266. The molecule has 0 bridgehead atoms. The zero-order chi connectivity index (χ0) is 8.41. The van der Waals surface area contributed by atoms with Gasteiger partial charge in [-0.25, -0.2) is 0 Å². The van der Waals surface area contributed by atoms with E-state index in [1.54, 1.807) is 12.5 Å². The number of hydrogen-bond donors (Lipinski definition) is 1. The molecule has 0 radical (unpaired) electrons. The molecule has 0 aliphatic rings. The third-order valence-corrected chi connectivity index (χ3v) is 1.07. The van der Waals surface area contributed by atoms with Gasteiger partial charge in [0.2, 0.25) is 0 Å². The zero-order valence-electron chi connectivity index (χ0n) is 6.81. The molecule has 10 heavy (non-hydrogen) atoms. The fraction of sp³-hybridized carbons (Fsp3) is 0.571. The first-order valence-corrected chi connectivity index (χ1v) is 4.03. The SMILES string of the molecule is C=CSC(=N)COC.CC. The van der Waals surface area contributed by atoms with E-state index in [1.807, 2.05) is 13.8 Å². The van der Waals surface area contributed by atoms with Crippen LogP contribution in [0.2, 0.25) is 0 Å². The predicted octanol–water partition coefficient (Wildman–Crippen LogP) is 2.51. The van der Waals surface area contributed by atoms with Gasteiger partial charge in [0.05, 0.1) is 11.7 Å². The van der Waals surface area contributed by atoms with Crippen LogP contribution in [0.5, 0.6) is 0 Å². The standard InChI is InChI=1S/C5H9NOS.C2H6/c1-3-8-5(6)4-7-2;1-2/h3,6H,1,4H2,2H3;1-2H3. The zero-order valence-corrected chi connectivity index (χ0v) is 7.62. The molecule has 0 heterocycles. The largest absolute Gasteiger partial charge is 0.378 e. The highest BCUT2D eigenvalue weighted by Gasteiger charge is 1.89. The maximum Gasteiger partial charge on any atom is 0.0941 e. The molecule has 0 aliphatic carbocycles. The lowest BCUT2D eigenvalue weighted by Gasteiger charge is -1.94. The third-order valence-electron chi connectivity index (χ3n) is 0.501. The highest BCUT2D eigenvalue weighted by molar-refractivity contribution is 8.16. The van der Waals surface area contributed by atoms with Gasteiger partial charge in [-0.05, 0) is 5.41 Å². The Morgan fingerprint density at radius 3 is 2.50 bits per heavy atom. The van der Waals surface area contributed by atoms with E-state index in [0.717, 1.165) is 0 Å². The molecule has 0 aromatic heterocycles. The summed E-state index contributed by atoms with van der Waals surface area (Å²) >= 11 is 1.28. The number of thioether (sulfide) groups is 1. The first-order valence-electron chi connectivity index (χ1n) is 3.15. The average molecular weight is 161 g/mol. The topological polar surface area (TPSA) is 33.1 Å². The molecule has 0 saturated carbocycles. The lowest BCUT2D eigenvalue weighted by atomic mass is 10.8. The highest BCUT2D eigenvalue weighted by atomic mass is 32.2. The van der Waals surface area contributed by atoms with Crippen LogP contribution in [0.3, 0.4) is 0 Å². The van der Waals surface area contributed by atoms with Crippen molar-refractivity contribution in [2.45, 2.75) is 13.8 Å². The van der Waals surface area contributed by atoms with Gasteiger partial charge in [0.15, 0.2) is 0 Å². The third kappa shape index (κ3) is 10.7. The molecule has 0 aromatic carbocycles. The maximum atomic E-state index is 7.06. The van der Waals surface area contributed by atoms with Gasteiger partial charge in [-0.15, -0.1) is 0 Å². The van der Waals surface area contributed by atoms with Crippen LogP contribution in [0.25, 0.3) is 0 Å². The minimum Gasteiger partial charge on any atom is -0.378 e. The molecule has 0 aliphatic heterocycles. The van der Waals surface area contributed by atoms with Gasteiger partial charge in [0.1, 0.15) is 0 Å². The van der Waals surface area contributed by atoms with Crippen molar-refractivity contribution in [3.63, 3.8) is 0 Å².